The largest absolute Gasteiger partial charge is 0.395 e. The number of nitrogens with zero attached hydrogens (tertiary/aromatic N) is 1. The minimum atomic E-state index is -0.781. The van der Waals surface area contributed by atoms with Crippen LogP contribution in [0, 0.1) is 5.82 Å². The van der Waals surface area contributed by atoms with Crippen LogP contribution in [0.25, 0.3) is 6.08 Å². The highest BCUT2D eigenvalue weighted by molar-refractivity contribution is 6.31. The summed E-state index contributed by atoms with van der Waals surface area (Å²) in [7, 11) is 1.89. The third-order valence-electron chi connectivity index (χ3n) is 4.82. The zero-order chi connectivity index (χ0) is 23.1. The third kappa shape index (κ3) is 5.81. The number of nitrogens with one attached hydrogen (secondary N) is 1. The van der Waals surface area contributed by atoms with E-state index in [1.807, 2.05) is 36.2 Å². The van der Waals surface area contributed by atoms with Crippen molar-refractivity contribution in [1.82, 2.24) is 0 Å². The van der Waals surface area contributed by atoms with Crippen LogP contribution in [0.5, 0.6) is 0 Å². The van der Waals surface area contributed by atoms with Crippen LogP contribution in [0.4, 0.5) is 15.8 Å². The molecule has 0 heterocycles. The maximum Gasteiger partial charge on any atom is 0.258 e. The summed E-state index contributed by atoms with van der Waals surface area (Å²) >= 11 is 5.71. The predicted octanol–water partition coefficient (Wildman–Crippen LogP) is 5.06. The molecule has 32 heavy (non-hydrogen) atoms. The Hall–Kier alpha value is -3.48. The summed E-state index contributed by atoms with van der Waals surface area (Å²) in [6, 6.07) is 18.1. The molecule has 0 aliphatic carbocycles. The van der Waals surface area contributed by atoms with Gasteiger partial charge in [-0.25, -0.2) is 4.39 Å². The molecule has 0 saturated heterocycles. The minimum Gasteiger partial charge on any atom is -0.395 e. The molecule has 5 nitrogen and oxygen atoms in total. The van der Waals surface area contributed by atoms with Crippen molar-refractivity contribution in [3.05, 3.63) is 100 Å². The Labute approximate surface area is 190 Å². The van der Waals surface area contributed by atoms with Crippen LogP contribution in [0.1, 0.15) is 26.3 Å². The predicted molar refractivity (Wildman–Crippen MR) is 126 cm³/mol. The molecule has 7 heteroatoms. The highest BCUT2D eigenvalue weighted by Crippen LogP contribution is 2.20. The van der Waals surface area contributed by atoms with E-state index >= 15 is 0 Å². The molecular weight excluding hydrogens is 431 g/mol. The van der Waals surface area contributed by atoms with E-state index in [1.54, 1.807) is 30.3 Å². The Bertz CT molecular complexity index is 1130. The fourth-order valence-electron chi connectivity index (χ4n) is 2.98. The number of aliphatic hydroxyl groups is 1. The molecule has 0 aliphatic rings. The van der Waals surface area contributed by atoms with Gasteiger partial charge in [0.05, 0.1) is 17.2 Å². The Morgan fingerprint density at radius 2 is 1.75 bits per heavy atom. The van der Waals surface area contributed by atoms with Gasteiger partial charge in [-0.15, -0.1) is 0 Å². The van der Waals surface area contributed by atoms with E-state index in [0.29, 0.717) is 17.8 Å². The topological polar surface area (TPSA) is 69.6 Å². The van der Waals surface area contributed by atoms with Gasteiger partial charge >= 0.3 is 0 Å². The van der Waals surface area contributed by atoms with E-state index in [2.05, 4.69) is 5.32 Å². The number of benzene rings is 3. The first-order valence-electron chi connectivity index (χ1n) is 9.89. The SMILES string of the molecule is CN(CCO)c1ccc(/C=C/C(=O)c2ccc(NC(=O)c3cccc(Cl)c3F)cc2)cc1. The van der Waals surface area contributed by atoms with Crippen LogP contribution in [0.2, 0.25) is 5.02 Å². The van der Waals surface area contributed by atoms with Gasteiger partial charge in [-0.1, -0.05) is 35.9 Å². The van der Waals surface area contributed by atoms with Crippen molar-refractivity contribution in [2.75, 3.05) is 30.4 Å². The average Bonchev–Trinajstić information content (AvgIpc) is 2.80. The molecule has 2 N–H and O–H groups in total. The number of aliphatic hydroxyl groups excluding tert-OH is 1. The van der Waals surface area contributed by atoms with E-state index < -0.39 is 11.7 Å². The van der Waals surface area contributed by atoms with Gasteiger partial charge in [0.2, 0.25) is 0 Å². The Morgan fingerprint density at radius 3 is 2.41 bits per heavy atom. The first-order chi connectivity index (χ1) is 15.4. The number of likely N-dealkylation sites (N-methyl/N-ethyl adjacent to an activating group) is 1. The Balaban J connectivity index is 1.62. The first kappa shape index (κ1) is 23.2. The van der Waals surface area contributed by atoms with Gasteiger partial charge in [-0.3, -0.25) is 9.59 Å². The van der Waals surface area contributed by atoms with Gasteiger partial charge in [-0.05, 0) is 60.2 Å². The molecule has 1 amide bonds. The van der Waals surface area contributed by atoms with Gasteiger partial charge in [0.25, 0.3) is 5.91 Å². The summed E-state index contributed by atoms with van der Waals surface area (Å²) in [6.07, 6.45) is 3.19. The summed E-state index contributed by atoms with van der Waals surface area (Å²) in [5.74, 6) is -1.60. The highest BCUT2D eigenvalue weighted by atomic mass is 35.5. The molecule has 0 radical (unpaired) electrons. The first-order valence-corrected chi connectivity index (χ1v) is 10.3. The van der Waals surface area contributed by atoms with Crippen LogP contribution in [0.3, 0.4) is 0 Å². The number of hydrogen-bond donors (Lipinski definition) is 2. The van der Waals surface area contributed by atoms with Crippen molar-refractivity contribution >= 4 is 40.7 Å². The van der Waals surface area contributed by atoms with Gasteiger partial charge in [0.1, 0.15) is 0 Å². The van der Waals surface area contributed by atoms with Crippen molar-refractivity contribution in [2.45, 2.75) is 0 Å². The lowest BCUT2D eigenvalue weighted by atomic mass is 10.1. The average molecular weight is 453 g/mol. The van der Waals surface area contributed by atoms with Crippen LogP contribution < -0.4 is 10.2 Å². The lowest BCUT2D eigenvalue weighted by Gasteiger charge is -2.17. The molecule has 0 spiro atoms. The second-order valence-electron chi connectivity index (χ2n) is 7.07. The highest BCUT2D eigenvalue weighted by Gasteiger charge is 2.14. The maximum absolute atomic E-state index is 14.0. The maximum atomic E-state index is 14.0. The van der Waals surface area contributed by atoms with Crippen LogP contribution in [0.15, 0.2) is 72.8 Å². The summed E-state index contributed by atoms with van der Waals surface area (Å²) in [4.78, 5) is 26.6. The summed E-state index contributed by atoms with van der Waals surface area (Å²) in [5.41, 5.74) is 2.56. The number of ketones is 1. The van der Waals surface area contributed by atoms with Gasteiger partial charge < -0.3 is 15.3 Å². The van der Waals surface area contributed by atoms with Crippen molar-refractivity contribution in [3.63, 3.8) is 0 Å². The number of halogens is 2. The molecule has 0 bridgehead atoms. The van der Waals surface area contributed by atoms with E-state index in [0.717, 1.165) is 11.3 Å². The molecule has 0 saturated carbocycles. The molecule has 3 aromatic carbocycles. The third-order valence-corrected chi connectivity index (χ3v) is 5.11. The number of carbonyl (C=O) groups excluding carboxylic acids is 2. The lowest BCUT2D eigenvalue weighted by molar-refractivity contribution is 0.102. The van der Waals surface area contributed by atoms with Crippen molar-refractivity contribution in [1.29, 1.82) is 0 Å². The normalized spacial score (nSPS) is 10.9. The number of anilines is 2. The molecule has 0 atom stereocenters. The monoisotopic (exact) mass is 452 g/mol. The van der Waals surface area contributed by atoms with Crippen LogP contribution >= 0.6 is 11.6 Å². The zero-order valence-electron chi connectivity index (χ0n) is 17.4. The molecule has 0 aromatic heterocycles. The van der Waals surface area contributed by atoms with Crippen LogP contribution in [-0.2, 0) is 0 Å². The molecule has 164 valence electrons. The van der Waals surface area contributed by atoms with Crippen molar-refractivity contribution in [2.24, 2.45) is 0 Å². The Morgan fingerprint density at radius 1 is 1.06 bits per heavy atom. The molecule has 0 fully saturated rings. The smallest absolute Gasteiger partial charge is 0.258 e. The minimum absolute atomic E-state index is 0.0760. The van der Waals surface area contributed by atoms with Crippen molar-refractivity contribution in [3.8, 4) is 0 Å². The van der Waals surface area contributed by atoms with Crippen LogP contribution in [-0.4, -0.2) is 37.0 Å². The van der Waals surface area contributed by atoms with Crippen molar-refractivity contribution < 1.29 is 19.1 Å². The molecule has 0 unspecified atom stereocenters. The second kappa shape index (κ2) is 10.7. The second-order valence-corrected chi connectivity index (χ2v) is 7.47. The molecular formula is C25H22ClFN2O3. The van der Waals surface area contributed by atoms with E-state index in [4.69, 9.17) is 16.7 Å². The summed E-state index contributed by atoms with van der Waals surface area (Å²) in [6.45, 7) is 0.616. The van der Waals surface area contributed by atoms with E-state index in [9.17, 15) is 14.0 Å². The molecule has 0 aliphatic heterocycles. The summed E-state index contributed by atoms with van der Waals surface area (Å²) in [5, 5.41) is 11.5. The lowest BCUT2D eigenvalue weighted by Crippen LogP contribution is -2.20. The van der Waals surface area contributed by atoms with Gasteiger partial charge in [0, 0.05) is 30.5 Å². The number of carbonyl (C=O) groups is 2. The standard InChI is InChI=1S/C25H22ClFN2O3/c1-29(15-16-30)20-12-5-17(6-13-20)7-14-23(31)18-8-10-19(11-9-18)28-25(32)21-3-2-4-22(26)24(21)27/h2-14,30H,15-16H2,1H3,(H,28,32)/b14-7+. The molecule has 3 aromatic rings. The number of allylic oxidation sites excluding steroid dienone is 1. The number of rotatable bonds is 8. The van der Waals surface area contributed by atoms with E-state index in [1.165, 1.54) is 24.3 Å². The Kier molecular flexibility index (Phi) is 7.76. The molecule has 3 rings (SSSR count). The zero-order valence-corrected chi connectivity index (χ0v) is 18.1. The fourth-order valence-corrected chi connectivity index (χ4v) is 3.16. The quantitative estimate of drug-likeness (QED) is 0.370. The summed E-state index contributed by atoms with van der Waals surface area (Å²) < 4.78 is 14.0. The number of amides is 1. The van der Waals surface area contributed by atoms with Gasteiger partial charge in [-0.2, -0.15) is 0 Å². The van der Waals surface area contributed by atoms with E-state index in [-0.39, 0.29) is 23.0 Å². The van der Waals surface area contributed by atoms with Gasteiger partial charge in [0.15, 0.2) is 11.6 Å². The number of hydrogen-bond acceptors (Lipinski definition) is 4. The fraction of sp³-hybridized carbons (Fsp3) is 0.120.